The van der Waals surface area contributed by atoms with Crippen molar-refractivity contribution < 1.29 is 14.3 Å². The van der Waals surface area contributed by atoms with Gasteiger partial charge in [0.05, 0.1) is 5.69 Å². The van der Waals surface area contributed by atoms with E-state index >= 15 is 0 Å². The van der Waals surface area contributed by atoms with Crippen molar-refractivity contribution in [2.24, 2.45) is 0 Å². The van der Waals surface area contributed by atoms with E-state index in [2.05, 4.69) is 21.8 Å². The van der Waals surface area contributed by atoms with Crippen LogP contribution in [0.3, 0.4) is 0 Å². The normalized spacial score (nSPS) is 11.8. The summed E-state index contributed by atoms with van der Waals surface area (Å²) >= 11 is 2.80. The molecule has 2 aromatic heterocycles. The van der Waals surface area contributed by atoms with Crippen LogP contribution < -0.4 is 4.90 Å². The summed E-state index contributed by atoms with van der Waals surface area (Å²) in [5, 5.41) is 11.4. The molecule has 3 rings (SSSR count). The van der Waals surface area contributed by atoms with Crippen LogP contribution in [0.2, 0.25) is 0 Å². The minimum atomic E-state index is -0.891. The predicted octanol–water partition coefficient (Wildman–Crippen LogP) is 6.26. The number of thiazole rings is 1. The molecule has 1 N–H and O–H groups in total. The van der Waals surface area contributed by atoms with E-state index < -0.39 is 10.7 Å². The molecule has 0 radical (unpaired) electrons. The highest BCUT2D eigenvalue weighted by Crippen LogP contribution is 2.34. The van der Waals surface area contributed by atoms with Gasteiger partial charge in [0.2, 0.25) is 0 Å². The topological polar surface area (TPSA) is 79.5 Å². The van der Waals surface area contributed by atoms with Crippen molar-refractivity contribution in [3.63, 3.8) is 0 Å². The fourth-order valence-corrected chi connectivity index (χ4v) is 5.39. The number of carbonyl (C=O) groups is 1. The highest BCUT2D eigenvalue weighted by atomic mass is 32.2. The van der Waals surface area contributed by atoms with Crippen molar-refractivity contribution in [1.82, 2.24) is 9.97 Å². The predicted molar refractivity (Wildman–Crippen MR) is 128 cm³/mol. The first kappa shape index (κ1) is 23.6. The molecule has 0 fully saturated rings. The number of carboxylic acid groups (broad SMARTS) is 1. The number of hydrogen-bond donors (Lipinski definition) is 1. The standard InChI is InChI=1S/C23H31N3O3S2/c1-4-5-6-7-10-14-26(21-25-18-11-8-9-12-19(18)29-21)15-13-17-16-30-22(24-17)31-23(2,3)20(27)28/h8-9,11-12,16H,4-7,10,13-15H2,1-3H3,(H,27,28). The van der Waals surface area contributed by atoms with Crippen LogP contribution in [0, 0.1) is 0 Å². The lowest BCUT2D eigenvalue weighted by Crippen LogP contribution is -2.27. The number of thioether (sulfide) groups is 1. The summed E-state index contributed by atoms with van der Waals surface area (Å²) in [7, 11) is 0. The number of hydrogen-bond acceptors (Lipinski definition) is 7. The maximum Gasteiger partial charge on any atom is 0.319 e. The van der Waals surface area contributed by atoms with Gasteiger partial charge in [-0.05, 0) is 32.4 Å². The maximum absolute atomic E-state index is 11.4. The van der Waals surface area contributed by atoms with Gasteiger partial charge in [-0.3, -0.25) is 4.79 Å². The van der Waals surface area contributed by atoms with Gasteiger partial charge in [-0.1, -0.05) is 56.5 Å². The molecule has 0 unspecified atom stereocenters. The Morgan fingerprint density at radius 1 is 1.16 bits per heavy atom. The molecule has 2 heterocycles. The summed E-state index contributed by atoms with van der Waals surface area (Å²) in [6.07, 6.45) is 6.82. The molecule has 8 heteroatoms. The molecular formula is C23H31N3O3S2. The molecule has 0 saturated heterocycles. The third kappa shape index (κ3) is 6.71. The second-order valence-corrected chi connectivity index (χ2v) is 10.9. The monoisotopic (exact) mass is 461 g/mol. The van der Waals surface area contributed by atoms with E-state index in [4.69, 9.17) is 4.42 Å². The third-order valence-corrected chi connectivity index (χ3v) is 7.28. The Labute approximate surface area is 192 Å². The maximum atomic E-state index is 11.4. The number of oxazole rings is 1. The summed E-state index contributed by atoms with van der Waals surface area (Å²) in [4.78, 5) is 22.9. The van der Waals surface area contributed by atoms with Crippen LogP contribution in [0.1, 0.15) is 58.6 Å². The van der Waals surface area contributed by atoms with Crippen LogP contribution in [0.5, 0.6) is 0 Å². The molecule has 0 bridgehead atoms. The minimum Gasteiger partial charge on any atom is -0.480 e. The lowest BCUT2D eigenvalue weighted by molar-refractivity contribution is -0.138. The van der Waals surface area contributed by atoms with E-state index in [1.807, 2.05) is 29.6 Å². The molecule has 1 aromatic carbocycles. The molecule has 6 nitrogen and oxygen atoms in total. The van der Waals surface area contributed by atoms with Crippen molar-refractivity contribution in [2.75, 3.05) is 18.0 Å². The Kier molecular flexibility index (Phi) is 8.37. The summed E-state index contributed by atoms with van der Waals surface area (Å²) in [6, 6.07) is 8.50. The Bertz CT molecular complexity index is 950. The lowest BCUT2D eigenvalue weighted by atomic mass is 10.1. The van der Waals surface area contributed by atoms with Crippen molar-refractivity contribution >= 4 is 46.2 Å². The minimum absolute atomic E-state index is 0.661. The van der Waals surface area contributed by atoms with Crippen LogP contribution in [0.15, 0.2) is 38.4 Å². The Hall–Kier alpha value is -2.06. The molecule has 3 aromatic rings. The van der Waals surface area contributed by atoms with Crippen LogP contribution in [0.25, 0.3) is 11.1 Å². The van der Waals surface area contributed by atoms with Crippen molar-refractivity contribution in [2.45, 2.75) is 68.4 Å². The first-order valence-electron chi connectivity index (χ1n) is 10.9. The first-order valence-corrected chi connectivity index (χ1v) is 12.6. The van der Waals surface area contributed by atoms with E-state index in [9.17, 15) is 9.90 Å². The Morgan fingerprint density at radius 3 is 2.68 bits per heavy atom. The number of fused-ring (bicyclic) bond motifs is 1. The molecular weight excluding hydrogens is 430 g/mol. The average Bonchev–Trinajstić information content (AvgIpc) is 3.36. The number of rotatable bonds is 13. The van der Waals surface area contributed by atoms with Crippen molar-refractivity contribution in [1.29, 1.82) is 0 Å². The van der Waals surface area contributed by atoms with Crippen LogP contribution in [0.4, 0.5) is 6.01 Å². The zero-order valence-electron chi connectivity index (χ0n) is 18.5. The zero-order chi connectivity index (χ0) is 22.3. The first-order chi connectivity index (χ1) is 14.9. The van der Waals surface area contributed by atoms with Gasteiger partial charge in [0.1, 0.15) is 10.3 Å². The van der Waals surface area contributed by atoms with Gasteiger partial charge >= 0.3 is 5.97 Å². The van der Waals surface area contributed by atoms with Crippen LogP contribution in [-0.4, -0.2) is 38.9 Å². The third-order valence-electron chi connectivity index (χ3n) is 5.11. The fourth-order valence-electron chi connectivity index (χ4n) is 3.17. The van der Waals surface area contributed by atoms with E-state index in [0.717, 1.165) is 47.1 Å². The molecule has 0 aliphatic carbocycles. The number of aliphatic carboxylic acids is 1. The smallest absolute Gasteiger partial charge is 0.319 e. The van der Waals surface area contributed by atoms with E-state index in [1.165, 1.54) is 48.8 Å². The molecule has 0 spiro atoms. The van der Waals surface area contributed by atoms with Gasteiger partial charge in [0.25, 0.3) is 6.01 Å². The number of benzene rings is 1. The lowest BCUT2D eigenvalue weighted by Gasteiger charge is -2.20. The van der Waals surface area contributed by atoms with Crippen LogP contribution >= 0.6 is 23.1 Å². The second kappa shape index (κ2) is 11.0. The highest BCUT2D eigenvalue weighted by Gasteiger charge is 2.29. The van der Waals surface area contributed by atoms with E-state index in [0.29, 0.717) is 6.01 Å². The summed E-state index contributed by atoms with van der Waals surface area (Å²) in [6.45, 7) is 7.29. The SMILES string of the molecule is CCCCCCCN(CCc1csc(SC(C)(C)C(=O)O)n1)c1nc2ccccc2o1. The van der Waals surface area contributed by atoms with Gasteiger partial charge in [-0.2, -0.15) is 4.98 Å². The molecule has 31 heavy (non-hydrogen) atoms. The molecule has 0 aliphatic heterocycles. The largest absolute Gasteiger partial charge is 0.480 e. The van der Waals surface area contributed by atoms with Gasteiger partial charge < -0.3 is 14.4 Å². The average molecular weight is 462 g/mol. The molecule has 0 amide bonds. The van der Waals surface area contributed by atoms with Crippen molar-refractivity contribution in [3.8, 4) is 0 Å². The second-order valence-electron chi connectivity index (χ2n) is 8.14. The number of unbranched alkanes of at least 4 members (excludes halogenated alkanes) is 4. The summed E-state index contributed by atoms with van der Waals surface area (Å²) in [5.74, 6) is -0.834. The highest BCUT2D eigenvalue weighted by molar-refractivity contribution is 8.02. The Morgan fingerprint density at radius 2 is 1.94 bits per heavy atom. The quantitative estimate of drug-likeness (QED) is 0.238. The summed E-state index contributed by atoms with van der Waals surface area (Å²) in [5.41, 5.74) is 2.65. The zero-order valence-corrected chi connectivity index (χ0v) is 20.1. The molecule has 0 aliphatic rings. The van der Waals surface area contributed by atoms with E-state index in [-0.39, 0.29) is 0 Å². The van der Waals surface area contributed by atoms with Gasteiger partial charge in [-0.25, -0.2) is 4.98 Å². The number of carboxylic acids is 1. The van der Waals surface area contributed by atoms with Gasteiger partial charge in [0.15, 0.2) is 9.92 Å². The number of nitrogens with zero attached hydrogens (tertiary/aromatic N) is 3. The van der Waals surface area contributed by atoms with E-state index in [1.54, 1.807) is 13.8 Å². The van der Waals surface area contributed by atoms with Crippen molar-refractivity contribution in [3.05, 3.63) is 35.3 Å². The molecule has 0 saturated carbocycles. The summed E-state index contributed by atoms with van der Waals surface area (Å²) < 4.78 is 5.92. The van der Waals surface area contributed by atoms with Crippen LogP contribution in [-0.2, 0) is 11.2 Å². The number of aromatic nitrogens is 2. The Balaban J connectivity index is 1.65. The molecule has 0 atom stereocenters. The number of anilines is 1. The fraction of sp³-hybridized carbons (Fsp3) is 0.522. The van der Waals surface area contributed by atoms with Gasteiger partial charge in [-0.15, -0.1) is 11.3 Å². The van der Waals surface area contributed by atoms with Gasteiger partial charge in [0, 0.05) is 24.9 Å². The molecule has 168 valence electrons. The number of para-hydroxylation sites is 2.